The zero-order chi connectivity index (χ0) is 21.6. The third-order valence-corrected chi connectivity index (χ3v) is 5.63. The fourth-order valence-electron chi connectivity index (χ4n) is 4.12. The molecule has 0 saturated carbocycles. The standard InChI is InChI=1S/C23H30FN5O2.HI/c1-17-15-29(16-21(31-17)18-5-7-20(24)8-6-18)23(25-2)27-14-19-4-3-9-26-22(19)28-10-12-30-13-11-28;/h3-9,17,21H,10-16H2,1-2H3,(H,25,27);1H. The Kier molecular flexibility index (Phi) is 9.06. The predicted molar refractivity (Wildman–Crippen MR) is 134 cm³/mol. The number of benzene rings is 1. The molecular weight excluding hydrogens is 524 g/mol. The number of morpholine rings is 2. The molecule has 32 heavy (non-hydrogen) atoms. The lowest BCUT2D eigenvalue weighted by Gasteiger charge is -2.39. The smallest absolute Gasteiger partial charge is 0.194 e. The Balaban J connectivity index is 0.00000289. The summed E-state index contributed by atoms with van der Waals surface area (Å²) in [6.07, 6.45) is 1.73. The van der Waals surface area contributed by atoms with Crippen LogP contribution in [0.3, 0.4) is 0 Å². The molecule has 9 heteroatoms. The van der Waals surface area contributed by atoms with Gasteiger partial charge in [0.25, 0.3) is 0 Å². The van der Waals surface area contributed by atoms with Gasteiger partial charge in [0.2, 0.25) is 0 Å². The van der Waals surface area contributed by atoms with Crippen molar-refractivity contribution < 1.29 is 13.9 Å². The molecule has 0 bridgehead atoms. The Morgan fingerprint density at radius 1 is 1.19 bits per heavy atom. The molecule has 2 aromatic rings. The first-order valence-corrected chi connectivity index (χ1v) is 10.8. The molecule has 4 rings (SSSR count). The predicted octanol–water partition coefficient (Wildman–Crippen LogP) is 3.21. The van der Waals surface area contributed by atoms with Gasteiger partial charge < -0.3 is 24.6 Å². The largest absolute Gasteiger partial charge is 0.378 e. The summed E-state index contributed by atoms with van der Waals surface area (Å²) >= 11 is 0. The van der Waals surface area contributed by atoms with Crippen LogP contribution in [0.25, 0.3) is 0 Å². The highest BCUT2D eigenvalue weighted by Gasteiger charge is 2.28. The van der Waals surface area contributed by atoms with Crippen LogP contribution in [0.5, 0.6) is 0 Å². The lowest BCUT2D eigenvalue weighted by Crippen LogP contribution is -2.50. The molecule has 1 aromatic carbocycles. The van der Waals surface area contributed by atoms with Crippen molar-refractivity contribution in [2.24, 2.45) is 4.99 Å². The summed E-state index contributed by atoms with van der Waals surface area (Å²) in [4.78, 5) is 13.6. The summed E-state index contributed by atoms with van der Waals surface area (Å²) in [5.41, 5.74) is 2.09. The van der Waals surface area contributed by atoms with Crippen molar-refractivity contribution in [2.45, 2.75) is 25.7 Å². The van der Waals surface area contributed by atoms with Crippen molar-refractivity contribution in [3.8, 4) is 0 Å². The zero-order valence-corrected chi connectivity index (χ0v) is 20.9. The van der Waals surface area contributed by atoms with Crippen molar-refractivity contribution in [1.29, 1.82) is 0 Å². The Morgan fingerprint density at radius 2 is 1.94 bits per heavy atom. The molecule has 0 aliphatic carbocycles. The maximum Gasteiger partial charge on any atom is 0.194 e. The molecule has 0 radical (unpaired) electrons. The van der Waals surface area contributed by atoms with E-state index in [2.05, 4.69) is 31.2 Å². The molecule has 2 saturated heterocycles. The van der Waals surface area contributed by atoms with E-state index in [1.54, 1.807) is 19.2 Å². The van der Waals surface area contributed by atoms with E-state index in [4.69, 9.17) is 9.47 Å². The van der Waals surface area contributed by atoms with Gasteiger partial charge in [-0.25, -0.2) is 9.37 Å². The Morgan fingerprint density at radius 3 is 2.66 bits per heavy atom. The number of aliphatic imine (C=N–C) groups is 1. The van der Waals surface area contributed by atoms with Gasteiger partial charge in [-0.1, -0.05) is 18.2 Å². The second-order valence-electron chi connectivity index (χ2n) is 7.88. The van der Waals surface area contributed by atoms with E-state index in [0.717, 1.165) is 55.8 Å². The molecule has 2 fully saturated rings. The fraction of sp³-hybridized carbons (Fsp3) is 0.478. The molecule has 2 aliphatic rings. The molecule has 0 amide bonds. The van der Waals surface area contributed by atoms with Gasteiger partial charge in [0.15, 0.2) is 5.96 Å². The average Bonchev–Trinajstić information content (AvgIpc) is 2.80. The number of halogens is 2. The Bertz CT molecular complexity index is 892. The highest BCUT2D eigenvalue weighted by atomic mass is 127. The molecular formula is C23H31FIN5O2. The molecule has 1 aromatic heterocycles. The number of hydrogen-bond donors (Lipinski definition) is 1. The van der Waals surface area contributed by atoms with Crippen molar-refractivity contribution in [1.82, 2.24) is 15.2 Å². The van der Waals surface area contributed by atoms with Crippen LogP contribution in [-0.2, 0) is 16.0 Å². The number of pyridine rings is 1. The van der Waals surface area contributed by atoms with E-state index in [1.807, 2.05) is 19.2 Å². The number of nitrogens with zero attached hydrogens (tertiary/aromatic N) is 4. The quantitative estimate of drug-likeness (QED) is 0.356. The van der Waals surface area contributed by atoms with Crippen LogP contribution in [0.15, 0.2) is 47.6 Å². The van der Waals surface area contributed by atoms with Crippen LogP contribution >= 0.6 is 24.0 Å². The maximum absolute atomic E-state index is 13.3. The first-order valence-electron chi connectivity index (χ1n) is 10.8. The van der Waals surface area contributed by atoms with Gasteiger partial charge in [0, 0.05) is 45.0 Å². The number of anilines is 1. The Labute approximate surface area is 206 Å². The van der Waals surface area contributed by atoms with Gasteiger partial charge in [-0.2, -0.15) is 0 Å². The second kappa shape index (κ2) is 11.8. The van der Waals surface area contributed by atoms with E-state index < -0.39 is 0 Å². The molecule has 2 atom stereocenters. The fourth-order valence-corrected chi connectivity index (χ4v) is 4.12. The summed E-state index contributed by atoms with van der Waals surface area (Å²) in [6.45, 7) is 7.20. The van der Waals surface area contributed by atoms with E-state index in [0.29, 0.717) is 13.1 Å². The topological polar surface area (TPSA) is 62.2 Å². The van der Waals surface area contributed by atoms with E-state index in [1.165, 1.54) is 12.1 Å². The van der Waals surface area contributed by atoms with Crippen molar-refractivity contribution in [3.63, 3.8) is 0 Å². The van der Waals surface area contributed by atoms with Crippen molar-refractivity contribution in [3.05, 3.63) is 59.5 Å². The van der Waals surface area contributed by atoms with Gasteiger partial charge >= 0.3 is 0 Å². The second-order valence-corrected chi connectivity index (χ2v) is 7.88. The summed E-state index contributed by atoms with van der Waals surface area (Å²) in [5, 5.41) is 3.50. The van der Waals surface area contributed by atoms with Crippen LogP contribution in [-0.4, -0.2) is 68.4 Å². The van der Waals surface area contributed by atoms with Crippen LogP contribution in [0.1, 0.15) is 24.2 Å². The molecule has 1 N–H and O–H groups in total. The number of hydrogen-bond acceptors (Lipinski definition) is 5. The van der Waals surface area contributed by atoms with E-state index in [9.17, 15) is 4.39 Å². The molecule has 0 spiro atoms. The first-order chi connectivity index (χ1) is 15.1. The lowest BCUT2D eigenvalue weighted by atomic mass is 10.1. The molecule has 3 heterocycles. The Hall–Kier alpha value is -1.98. The SMILES string of the molecule is CN=C(NCc1cccnc1N1CCOCC1)N1CC(C)OC(c2ccc(F)cc2)C1.I. The van der Waals surface area contributed by atoms with E-state index >= 15 is 0 Å². The minimum atomic E-state index is -0.241. The van der Waals surface area contributed by atoms with Gasteiger partial charge in [-0.3, -0.25) is 4.99 Å². The highest BCUT2D eigenvalue weighted by Crippen LogP contribution is 2.26. The first kappa shape index (κ1) is 24.7. The number of ether oxygens (including phenoxy) is 2. The summed E-state index contributed by atoms with van der Waals surface area (Å²) < 4.78 is 24.9. The van der Waals surface area contributed by atoms with Crippen molar-refractivity contribution >= 4 is 35.8 Å². The average molecular weight is 555 g/mol. The van der Waals surface area contributed by atoms with Crippen LogP contribution in [0.2, 0.25) is 0 Å². The monoisotopic (exact) mass is 555 g/mol. The summed E-state index contributed by atoms with van der Waals surface area (Å²) in [7, 11) is 1.79. The number of aromatic nitrogens is 1. The van der Waals surface area contributed by atoms with Gasteiger partial charge in [0.05, 0.1) is 25.9 Å². The summed E-state index contributed by atoms with van der Waals surface area (Å²) in [5.74, 6) is 1.57. The maximum atomic E-state index is 13.3. The molecule has 7 nitrogen and oxygen atoms in total. The minimum Gasteiger partial charge on any atom is -0.378 e. The zero-order valence-electron chi connectivity index (χ0n) is 18.5. The van der Waals surface area contributed by atoms with Gasteiger partial charge in [0.1, 0.15) is 17.7 Å². The number of rotatable bonds is 4. The van der Waals surface area contributed by atoms with Crippen LogP contribution in [0, 0.1) is 5.82 Å². The van der Waals surface area contributed by atoms with Gasteiger partial charge in [-0.15, -0.1) is 24.0 Å². The minimum absolute atomic E-state index is 0. The lowest BCUT2D eigenvalue weighted by molar-refractivity contribution is -0.0605. The molecule has 174 valence electrons. The van der Waals surface area contributed by atoms with Gasteiger partial charge in [-0.05, 0) is 30.7 Å². The number of guanidine groups is 1. The highest BCUT2D eigenvalue weighted by molar-refractivity contribution is 14.0. The number of nitrogens with one attached hydrogen (secondary N) is 1. The third kappa shape index (κ3) is 6.08. The molecule has 2 aliphatic heterocycles. The normalized spacial score (nSPS) is 21.8. The summed E-state index contributed by atoms with van der Waals surface area (Å²) in [6, 6.07) is 10.6. The molecule has 2 unspecified atom stereocenters. The third-order valence-electron chi connectivity index (χ3n) is 5.63. The van der Waals surface area contributed by atoms with Crippen LogP contribution in [0.4, 0.5) is 10.2 Å². The van der Waals surface area contributed by atoms with Crippen LogP contribution < -0.4 is 10.2 Å². The van der Waals surface area contributed by atoms with E-state index in [-0.39, 0.29) is 42.0 Å². The van der Waals surface area contributed by atoms with Crippen molar-refractivity contribution in [2.75, 3.05) is 51.3 Å².